The molecule has 0 aliphatic carbocycles. The molecule has 1 aromatic heterocycles. The number of fused-ring (bicyclic) bond motifs is 1. The van der Waals surface area contributed by atoms with Crippen LogP contribution in [0.5, 0.6) is 0 Å². The quantitative estimate of drug-likeness (QED) is 0.669. The van der Waals surface area contributed by atoms with Crippen LogP contribution < -0.4 is 0 Å². The summed E-state index contributed by atoms with van der Waals surface area (Å²) in [6.07, 6.45) is -3.32. The number of hydrogen-bond acceptors (Lipinski definition) is 2. The third kappa shape index (κ3) is 1.41. The topological polar surface area (TPSA) is 39.1 Å². The lowest BCUT2D eigenvalue weighted by Gasteiger charge is -2.04. The van der Waals surface area contributed by atoms with Gasteiger partial charge in [-0.05, 0) is 6.07 Å². The second-order valence-electron chi connectivity index (χ2n) is 3.16. The summed E-state index contributed by atoms with van der Waals surface area (Å²) in [7, 11) is -3.38. The average molecular weight is 225 g/mol. The lowest BCUT2D eigenvalue weighted by atomic mass is 10.2. The fourth-order valence-corrected chi connectivity index (χ4v) is 3.01. The number of nitrogens with zero attached hydrogens (tertiary/aromatic N) is 1. The minimum Gasteiger partial charge on any atom is -0.335 e. The molecule has 78 valence electrons. The van der Waals surface area contributed by atoms with E-state index in [1.54, 1.807) is 0 Å². The predicted molar refractivity (Wildman–Crippen MR) is 42.1 cm³/mol. The SMILES string of the molecule is O=S1(=O)Cc2c(C(F)(F)F)ccn2C1. The van der Waals surface area contributed by atoms with Gasteiger partial charge in [0.15, 0.2) is 9.84 Å². The van der Waals surface area contributed by atoms with Gasteiger partial charge < -0.3 is 4.57 Å². The van der Waals surface area contributed by atoms with E-state index in [4.69, 9.17) is 0 Å². The van der Waals surface area contributed by atoms with Crippen LogP contribution in [0.2, 0.25) is 0 Å². The van der Waals surface area contributed by atoms with E-state index in [1.807, 2.05) is 0 Å². The summed E-state index contributed by atoms with van der Waals surface area (Å²) in [6, 6.07) is 0.907. The third-order valence-electron chi connectivity index (χ3n) is 2.08. The smallest absolute Gasteiger partial charge is 0.335 e. The molecule has 0 aromatic carbocycles. The van der Waals surface area contributed by atoms with Gasteiger partial charge >= 0.3 is 6.18 Å². The van der Waals surface area contributed by atoms with E-state index in [0.717, 1.165) is 16.8 Å². The van der Waals surface area contributed by atoms with Gasteiger partial charge in [0.05, 0.1) is 11.3 Å². The molecule has 0 spiro atoms. The Hall–Kier alpha value is -0.980. The van der Waals surface area contributed by atoms with Crippen molar-refractivity contribution < 1.29 is 21.6 Å². The zero-order chi connectivity index (χ0) is 10.6. The summed E-state index contributed by atoms with van der Waals surface area (Å²) in [4.78, 5) is 0. The molecule has 1 aromatic rings. The Bertz CT molecular complexity index is 472. The van der Waals surface area contributed by atoms with Gasteiger partial charge in [0.25, 0.3) is 0 Å². The zero-order valence-corrected chi connectivity index (χ0v) is 7.69. The highest BCUT2D eigenvalue weighted by Gasteiger charge is 2.39. The van der Waals surface area contributed by atoms with Gasteiger partial charge in [0, 0.05) is 11.9 Å². The second-order valence-corrected chi connectivity index (χ2v) is 5.19. The number of hydrogen-bond donors (Lipinski definition) is 0. The molecule has 0 atom stereocenters. The van der Waals surface area contributed by atoms with Gasteiger partial charge in [0.2, 0.25) is 0 Å². The van der Waals surface area contributed by atoms with Crippen molar-refractivity contribution in [3.63, 3.8) is 0 Å². The van der Waals surface area contributed by atoms with Crippen molar-refractivity contribution >= 4 is 9.84 Å². The monoisotopic (exact) mass is 225 g/mol. The summed E-state index contributed by atoms with van der Waals surface area (Å²) < 4.78 is 60.2. The van der Waals surface area contributed by atoms with Gasteiger partial charge in [0.1, 0.15) is 5.88 Å². The first-order valence-corrected chi connectivity index (χ1v) is 5.57. The first-order chi connectivity index (χ1) is 6.30. The molecule has 0 bridgehead atoms. The molecular weight excluding hydrogens is 219 g/mol. The standard InChI is InChI=1S/C7H6F3NO2S/c8-7(9,10)5-1-2-11-4-14(12,13)3-6(5)11/h1-2H,3-4H2. The van der Waals surface area contributed by atoms with Gasteiger partial charge in [-0.15, -0.1) is 0 Å². The van der Waals surface area contributed by atoms with E-state index in [0.29, 0.717) is 0 Å². The number of sulfone groups is 1. The largest absolute Gasteiger partial charge is 0.418 e. The van der Waals surface area contributed by atoms with Crippen molar-refractivity contribution in [3.8, 4) is 0 Å². The maximum absolute atomic E-state index is 12.3. The molecule has 0 N–H and O–H groups in total. The molecule has 0 radical (unpaired) electrons. The van der Waals surface area contributed by atoms with Crippen LogP contribution in [0.4, 0.5) is 13.2 Å². The molecule has 2 heterocycles. The van der Waals surface area contributed by atoms with Gasteiger partial charge in [-0.1, -0.05) is 0 Å². The molecule has 1 aliphatic heterocycles. The summed E-state index contributed by atoms with van der Waals surface area (Å²) in [6.45, 7) is 0. The molecule has 7 heteroatoms. The van der Waals surface area contributed by atoms with Gasteiger partial charge in [-0.25, -0.2) is 8.42 Å². The van der Waals surface area contributed by atoms with E-state index in [9.17, 15) is 21.6 Å². The fourth-order valence-electron chi connectivity index (χ4n) is 1.51. The molecule has 14 heavy (non-hydrogen) atoms. The van der Waals surface area contributed by atoms with Crippen LogP contribution in [0, 0.1) is 0 Å². The Balaban J connectivity index is 2.52. The van der Waals surface area contributed by atoms with Crippen molar-refractivity contribution in [1.82, 2.24) is 4.57 Å². The maximum Gasteiger partial charge on any atom is 0.418 e. The zero-order valence-electron chi connectivity index (χ0n) is 6.87. The first kappa shape index (κ1) is 9.57. The van der Waals surface area contributed by atoms with Crippen molar-refractivity contribution in [2.45, 2.75) is 17.8 Å². The summed E-state index contributed by atoms with van der Waals surface area (Å²) in [5.74, 6) is -0.868. The normalized spacial score (nSPS) is 19.6. The van der Waals surface area contributed by atoms with Crippen molar-refractivity contribution in [2.24, 2.45) is 0 Å². The Morgan fingerprint density at radius 2 is 2.00 bits per heavy atom. The summed E-state index contributed by atoms with van der Waals surface area (Å²) >= 11 is 0. The van der Waals surface area contributed by atoms with Crippen molar-refractivity contribution in [2.75, 3.05) is 0 Å². The van der Waals surface area contributed by atoms with Crippen molar-refractivity contribution in [1.29, 1.82) is 0 Å². The second kappa shape index (κ2) is 2.53. The number of aromatic nitrogens is 1. The van der Waals surface area contributed by atoms with Gasteiger partial charge in [-0.2, -0.15) is 13.2 Å². The Labute approximate surface area is 78.1 Å². The molecule has 0 fully saturated rings. The molecule has 0 unspecified atom stereocenters. The number of halogens is 3. The number of alkyl halides is 3. The van der Waals surface area contributed by atoms with Crippen LogP contribution in [0.25, 0.3) is 0 Å². The third-order valence-corrected chi connectivity index (χ3v) is 3.46. The lowest BCUT2D eigenvalue weighted by molar-refractivity contribution is -0.138. The van der Waals surface area contributed by atoms with E-state index in [1.165, 1.54) is 0 Å². The van der Waals surface area contributed by atoms with Crippen LogP contribution in [0.1, 0.15) is 11.3 Å². The van der Waals surface area contributed by atoms with E-state index in [-0.39, 0.29) is 11.6 Å². The molecule has 2 rings (SSSR count). The lowest BCUT2D eigenvalue weighted by Crippen LogP contribution is -2.07. The molecule has 3 nitrogen and oxygen atoms in total. The molecular formula is C7H6F3NO2S. The maximum atomic E-state index is 12.3. The Morgan fingerprint density at radius 3 is 2.57 bits per heavy atom. The van der Waals surface area contributed by atoms with Crippen molar-refractivity contribution in [3.05, 3.63) is 23.5 Å². The molecule has 0 saturated carbocycles. The highest BCUT2D eigenvalue weighted by molar-refractivity contribution is 7.89. The van der Waals surface area contributed by atoms with Crippen LogP contribution in [0.3, 0.4) is 0 Å². The molecule has 1 aliphatic rings. The summed E-state index contributed by atoms with van der Waals surface area (Å²) in [5, 5.41) is 0. The molecule has 0 saturated heterocycles. The first-order valence-electron chi connectivity index (χ1n) is 3.75. The van der Waals surface area contributed by atoms with E-state index in [2.05, 4.69) is 0 Å². The van der Waals surface area contributed by atoms with Crippen LogP contribution in [-0.2, 0) is 27.6 Å². The van der Waals surface area contributed by atoms with E-state index >= 15 is 0 Å². The fraction of sp³-hybridized carbons (Fsp3) is 0.429. The van der Waals surface area contributed by atoms with Gasteiger partial charge in [-0.3, -0.25) is 0 Å². The minimum atomic E-state index is -4.47. The average Bonchev–Trinajstić information content (AvgIpc) is 2.38. The van der Waals surface area contributed by atoms with Crippen LogP contribution >= 0.6 is 0 Å². The predicted octanol–water partition coefficient (Wildman–Crippen LogP) is 1.39. The minimum absolute atomic E-state index is 0.155. The Morgan fingerprint density at radius 1 is 1.36 bits per heavy atom. The van der Waals surface area contributed by atoms with Crippen LogP contribution in [-0.4, -0.2) is 13.0 Å². The Kier molecular flexibility index (Phi) is 1.73. The molecule has 0 amide bonds. The highest BCUT2D eigenvalue weighted by atomic mass is 32.2. The summed E-state index contributed by atoms with van der Waals surface area (Å²) in [5.41, 5.74) is -1.00. The highest BCUT2D eigenvalue weighted by Crippen LogP contribution is 2.35. The van der Waals surface area contributed by atoms with E-state index < -0.39 is 27.3 Å². The number of rotatable bonds is 0. The van der Waals surface area contributed by atoms with Crippen LogP contribution in [0.15, 0.2) is 12.3 Å².